The van der Waals surface area contributed by atoms with Crippen molar-refractivity contribution in [1.82, 2.24) is 5.16 Å². The van der Waals surface area contributed by atoms with Crippen LogP contribution in [0.2, 0.25) is 5.02 Å². The second kappa shape index (κ2) is 5.10. The van der Waals surface area contributed by atoms with Crippen LogP contribution in [0, 0.1) is 6.92 Å². The summed E-state index contributed by atoms with van der Waals surface area (Å²) in [6, 6.07) is 5.66. The van der Waals surface area contributed by atoms with Gasteiger partial charge in [-0.2, -0.15) is 0 Å². The summed E-state index contributed by atoms with van der Waals surface area (Å²) >= 11 is 6.03. The van der Waals surface area contributed by atoms with Crippen molar-refractivity contribution in [3.05, 3.63) is 40.6 Å². The van der Waals surface area contributed by atoms with Crippen LogP contribution in [0.25, 0.3) is 0 Å². The monoisotopic (exact) mass is 252 g/mol. The number of aryl methyl sites for hydroxylation is 1. The number of halogens is 1. The molecular weight excluding hydrogens is 240 g/mol. The summed E-state index contributed by atoms with van der Waals surface area (Å²) in [6.45, 7) is 2.57. The summed E-state index contributed by atoms with van der Waals surface area (Å²) in [4.78, 5) is 0. The molecule has 0 spiro atoms. The molecule has 2 rings (SSSR count). The maximum absolute atomic E-state index is 6.03. The molecule has 0 fully saturated rings. The van der Waals surface area contributed by atoms with Gasteiger partial charge in [0.15, 0.2) is 5.82 Å². The van der Waals surface area contributed by atoms with Crippen molar-refractivity contribution >= 4 is 17.4 Å². The zero-order valence-corrected chi connectivity index (χ0v) is 10.4. The predicted octanol–water partition coefficient (Wildman–Crippen LogP) is 3.26. The van der Waals surface area contributed by atoms with Crippen molar-refractivity contribution in [2.24, 2.45) is 0 Å². The molecule has 17 heavy (non-hydrogen) atoms. The minimum Gasteiger partial charge on any atom is -0.495 e. The molecule has 0 atom stereocenters. The summed E-state index contributed by atoms with van der Waals surface area (Å²) < 4.78 is 9.93. The average Bonchev–Trinajstić information content (AvgIpc) is 2.72. The molecule has 1 aromatic carbocycles. The molecule has 0 bridgehead atoms. The molecule has 90 valence electrons. The normalized spacial score (nSPS) is 10.3. The molecule has 1 N–H and O–H groups in total. The summed E-state index contributed by atoms with van der Waals surface area (Å²) in [7, 11) is 1.60. The number of benzene rings is 1. The molecule has 5 heteroatoms. The lowest BCUT2D eigenvalue weighted by atomic mass is 10.2. The summed E-state index contributed by atoms with van der Waals surface area (Å²) in [5, 5.41) is 7.61. The SMILES string of the molecule is COc1ccc(CNc2nocc2C)cc1Cl. The van der Waals surface area contributed by atoms with Crippen molar-refractivity contribution in [2.75, 3.05) is 12.4 Å². The van der Waals surface area contributed by atoms with Gasteiger partial charge in [0, 0.05) is 12.1 Å². The van der Waals surface area contributed by atoms with Gasteiger partial charge in [-0.25, -0.2) is 0 Å². The fourth-order valence-corrected chi connectivity index (χ4v) is 1.74. The van der Waals surface area contributed by atoms with Crippen molar-refractivity contribution in [2.45, 2.75) is 13.5 Å². The maximum atomic E-state index is 6.03. The van der Waals surface area contributed by atoms with Crippen molar-refractivity contribution in [3.63, 3.8) is 0 Å². The van der Waals surface area contributed by atoms with E-state index in [2.05, 4.69) is 10.5 Å². The number of nitrogens with one attached hydrogen (secondary N) is 1. The minimum absolute atomic E-state index is 0.601. The molecule has 0 aliphatic carbocycles. The van der Waals surface area contributed by atoms with E-state index in [4.69, 9.17) is 20.9 Å². The summed E-state index contributed by atoms with van der Waals surface area (Å²) in [5.41, 5.74) is 2.03. The van der Waals surface area contributed by atoms with Gasteiger partial charge in [0.25, 0.3) is 0 Å². The Morgan fingerprint density at radius 2 is 2.29 bits per heavy atom. The lowest BCUT2D eigenvalue weighted by Crippen LogP contribution is -2.01. The number of aromatic nitrogens is 1. The number of nitrogens with zero attached hydrogens (tertiary/aromatic N) is 1. The molecule has 0 saturated carbocycles. The quantitative estimate of drug-likeness (QED) is 0.907. The fraction of sp³-hybridized carbons (Fsp3) is 0.250. The number of rotatable bonds is 4. The van der Waals surface area contributed by atoms with Crippen molar-refractivity contribution < 1.29 is 9.26 Å². The first-order valence-corrected chi connectivity index (χ1v) is 5.56. The molecule has 0 saturated heterocycles. The van der Waals surface area contributed by atoms with Gasteiger partial charge >= 0.3 is 0 Å². The predicted molar refractivity (Wildman–Crippen MR) is 66.6 cm³/mol. The van der Waals surface area contributed by atoms with Gasteiger partial charge in [-0.15, -0.1) is 0 Å². The second-order valence-electron chi connectivity index (χ2n) is 3.67. The zero-order chi connectivity index (χ0) is 12.3. The van der Waals surface area contributed by atoms with Crippen LogP contribution in [0.5, 0.6) is 5.75 Å². The Hall–Kier alpha value is -1.68. The standard InChI is InChI=1S/C12H13ClN2O2/c1-8-7-17-15-12(8)14-6-9-3-4-11(16-2)10(13)5-9/h3-5,7H,6H2,1-2H3,(H,14,15). The van der Waals surface area contributed by atoms with Crippen LogP contribution < -0.4 is 10.1 Å². The Morgan fingerprint density at radius 1 is 1.47 bits per heavy atom. The molecule has 0 radical (unpaired) electrons. The van der Waals surface area contributed by atoms with Gasteiger partial charge < -0.3 is 14.6 Å². The molecule has 0 aliphatic heterocycles. The van der Waals surface area contributed by atoms with E-state index in [1.807, 2.05) is 25.1 Å². The maximum Gasteiger partial charge on any atom is 0.172 e. The number of hydrogen-bond acceptors (Lipinski definition) is 4. The number of hydrogen-bond donors (Lipinski definition) is 1. The molecule has 0 unspecified atom stereocenters. The second-order valence-corrected chi connectivity index (χ2v) is 4.08. The Labute approximate surface area is 105 Å². The van der Waals surface area contributed by atoms with E-state index in [0.717, 1.165) is 16.9 Å². The topological polar surface area (TPSA) is 47.3 Å². The number of ether oxygens (including phenoxy) is 1. The first-order chi connectivity index (χ1) is 8.20. The van der Waals surface area contributed by atoms with Gasteiger partial charge in [0.1, 0.15) is 12.0 Å². The average molecular weight is 253 g/mol. The smallest absolute Gasteiger partial charge is 0.172 e. The molecule has 1 heterocycles. The van der Waals surface area contributed by atoms with E-state index in [-0.39, 0.29) is 0 Å². The van der Waals surface area contributed by atoms with Crippen LogP contribution in [0.1, 0.15) is 11.1 Å². The first kappa shape index (κ1) is 11.8. The van der Waals surface area contributed by atoms with Crippen LogP contribution >= 0.6 is 11.6 Å². The van der Waals surface area contributed by atoms with E-state index in [0.29, 0.717) is 17.3 Å². The van der Waals surface area contributed by atoms with Gasteiger partial charge in [-0.1, -0.05) is 22.8 Å². The highest BCUT2D eigenvalue weighted by Gasteiger charge is 2.04. The lowest BCUT2D eigenvalue weighted by molar-refractivity contribution is 0.415. The molecule has 0 amide bonds. The van der Waals surface area contributed by atoms with E-state index in [1.54, 1.807) is 13.4 Å². The zero-order valence-electron chi connectivity index (χ0n) is 9.66. The largest absolute Gasteiger partial charge is 0.495 e. The van der Waals surface area contributed by atoms with E-state index >= 15 is 0 Å². The summed E-state index contributed by atoms with van der Waals surface area (Å²) in [5.74, 6) is 1.42. The van der Waals surface area contributed by atoms with Crippen LogP contribution in [-0.4, -0.2) is 12.3 Å². The van der Waals surface area contributed by atoms with Crippen LogP contribution in [-0.2, 0) is 6.54 Å². The van der Waals surface area contributed by atoms with Gasteiger partial charge in [-0.05, 0) is 24.6 Å². The van der Waals surface area contributed by atoms with E-state index in [1.165, 1.54) is 0 Å². The Balaban J connectivity index is 2.05. The minimum atomic E-state index is 0.601. The Bertz CT molecular complexity index is 511. The highest BCUT2D eigenvalue weighted by Crippen LogP contribution is 2.25. The van der Waals surface area contributed by atoms with Crippen LogP contribution in [0.4, 0.5) is 5.82 Å². The summed E-state index contributed by atoms with van der Waals surface area (Å²) in [6.07, 6.45) is 1.60. The van der Waals surface area contributed by atoms with E-state index in [9.17, 15) is 0 Å². The highest BCUT2D eigenvalue weighted by atomic mass is 35.5. The molecule has 2 aromatic rings. The Kier molecular flexibility index (Phi) is 3.54. The fourth-order valence-electron chi connectivity index (χ4n) is 1.46. The highest BCUT2D eigenvalue weighted by molar-refractivity contribution is 6.32. The molecule has 1 aromatic heterocycles. The van der Waals surface area contributed by atoms with Gasteiger partial charge in [0.2, 0.25) is 0 Å². The third-order valence-electron chi connectivity index (χ3n) is 2.42. The number of methoxy groups -OCH3 is 1. The van der Waals surface area contributed by atoms with Gasteiger partial charge in [0.05, 0.1) is 12.1 Å². The van der Waals surface area contributed by atoms with Crippen LogP contribution in [0.15, 0.2) is 29.0 Å². The molecular formula is C12H13ClN2O2. The number of anilines is 1. The lowest BCUT2D eigenvalue weighted by Gasteiger charge is -2.07. The third-order valence-corrected chi connectivity index (χ3v) is 2.72. The Morgan fingerprint density at radius 3 is 2.88 bits per heavy atom. The third kappa shape index (κ3) is 2.71. The molecule has 4 nitrogen and oxygen atoms in total. The van der Waals surface area contributed by atoms with Gasteiger partial charge in [-0.3, -0.25) is 0 Å². The first-order valence-electron chi connectivity index (χ1n) is 5.18. The van der Waals surface area contributed by atoms with Crippen molar-refractivity contribution in [1.29, 1.82) is 0 Å². The van der Waals surface area contributed by atoms with E-state index < -0.39 is 0 Å². The van der Waals surface area contributed by atoms with Crippen molar-refractivity contribution in [3.8, 4) is 5.75 Å². The molecule has 0 aliphatic rings. The van der Waals surface area contributed by atoms with Crippen LogP contribution in [0.3, 0.4) is 0 Å².